The van der Waals surface area contributed by atoms with Gasteiger partial charge < -0.3 is 15.2 Å². The van der Waals surface area contributed by atoms with Crippen molar-refractivity contribution in [3.63, 3.8) is 0 Å². The number of alkyl halides is 1. The van der Waals surface area contributed by atoms with Gasteiger partial charge in [-0.1, -0.05) is 6.07 Å². The first-order valence-electron chi connectivity index (χ1n) is 6.12. The van der Waals surface area contributed by atoms with E-state index >= 15 is 0 Å². The van der Waals surface area contributed by atoms with Gasteiger partial charge in [0.2, 0.25) is 0 Å². The first kappa shape index (κ1) is 14.1. The second kappa shape index (κ2) is 6.73. The maximum absolute atomic E-state index is 13.7. The standard InChI is InChI=1S/C13H16ClFN2O2/c14-7-12(16)17-13-10(15)4-1-5-11(13)19-8-9-3-2-6-18-9/h1,4-5,9H,2-3,6-8H2,(H2,16,17). The molecule has 2 N–H and O–H groups in total. The highest BCUT2D eigenvalue weighted by atomic mass is 35.5. The summed E-state index contributed by atoms with van der Waals surface area (Å²) in [5, 5.41) is 0. The van der Waals surface area contributed by atoms with Gasteiger partial charge in [0.1, 0.15) is 23.9 Å². The summed E-state index contributed by atoms with van der Waals surface area (Å²) < 4.78 is 24.8. The van der Waals surface area contributed by atoms with Crippen molar-refractivity contribution in [2.75, 3.05) is 19.1 Å². The molecule has 4 nitrogen and oxygen atoms in total. The van der Waals surface area contributed by atoms with Gasteiger partial charge in [-0.25, -0.2) is 9.38 Å². The number of para-hydroxylation sites is 1. The van der Waals surface area contributed by atoms with E-state index in [4.69, 9.17) is 26.8 Å². The molecule has 2 rings (SSSR count). The minimum atomic E-state index is -0.488. The van der Waals surface area contributed by atoms with Gasteiger partial charge in [0.15, 0.2) is 5.82 Å². The molecule has 1 aromatic rings. The fraction of sp³-hybridized carbons (Fsp3) is 0.462. The largest absolute Gasteiger partial charge is 0.489 e. The highest BCUT2D eigenvalue weighted by molar-refractivity contribution is 6.28. The van der Waals surface area contributed by atoms with Crippen LogP contribution in [0.3, 0.4) is 0 Å². The molecule has 0 amide bonds. The van der Waals surface area contributed by atoms with Gasteiger partial charge >= 0.3 is 0 Å². The Morgan fingerprint density at radius 3 is 3.11 bits per heavy atom. The first-order chi connectivity index (χ1) is 9.20. The summed E-state index contributed by atoms with van der Waals surface area (Å²) in [6.07, 6.45) is 2.05. The van der Waals surface area contributed by atoms with E-state index < -0.39 is 5.82 Å². The molecule has 1 atom stereocenters. The summed E-state index contributed by atoms with van der Waals surface area (Å²) in [5.41, 5.74) is 5.61. The third-order valence-electron chi connectivity index (χ3n) is 2.79. The van der Waals surface area contributed by atoms with Crippen LogP contribution in [0.4, 0.5) is 10.1 Å². The lowest BCUT2D eigenvalue weighted by molar-refractivity contribution is 0.0681. The molecule has 104 valence electrons. The van der Waals surface area contributed by atoms with Crippen molar-refractivity contribution < 1.29 is 13.9 Å². The number of ether oxygens (including phenoxy) is 2. The van der Waals surface area contributed by atoms with Crippen molar-refractivity contribution in [1.82, 2.24) is 0 Å². The zero-order valence-corrected chi connectivity index (χ0v) is 11.2. The van der Waals surface area contributed by atoms with Crippen LogP contribution in [0.5, 0.6) is 5.75 Å². The number of aliphatic imine (C=N–C) groups is 1. The van der Waals surface area contributed by atoms with Crippen LogP contribution in [-0.4, -0.2) is 31.0 Å². The molecule has 1 aromatic carbocycles. The van der Waals surface area contributed by atoms with E-state index in [1.165, 1.54) is 6.07 Å². The van der Waals surface area contributed by atoms with Gasteiger partial charge in [-0.15, -0.1) is 11.6 Å². The number of hydrogen-bond donors (Lipinski definition) is 1. The van der Waals surface area contributed by atoms with Crippen LogP contribution in [0.1, 0.15) is 12.8 Å². The number of hydrogen-bond acceptors (Lipinski definition) is 3. The Bertz CT molecular complexity index is 462. The minimum Gasteiger partial charge on any atom is -0.489 e. The average Bonchev–Trinajstić information content (AvgIpc) is 2.92. The Morgan fingerprint density at radius 2 is 2.42 bits per heavy atom. The van der Waals surface area contributed by atoms with Crippen LogP contribution >= 0.6 is 11.6 Å². The first-order valence-corrected chi connectivity index (χ1v) is 6.66. The highest BCUT2D eigenvalue weighted by Gasteiger charge is 2.17. The van der Waals surface area contributed by atoms with Crippen LogP contribution in [0.25, 0.3) is 0 Å². The van der Waals surface area contributed by atoms with Gasteiger partial charge in [-0.3, -0.25) is 0 Å². The Hall–Kier alpha value is -1.33. The molecule has 6 heteroatoms. The fourth-order valence-corrected chi connectivity index (χ4v) is 1.91. The van der Waals surface area contributed by atoms with E-state index in [0.717, 1.165) is 19.4 Å². The van der Waals surface area contributed by atoms with Gasteiger partial charge in [-0.2, -0.15) is 0 Å². The van der Waals surface area contributed by atoms with Gasteiger partial charge in [-0.05, 0) is 25.0 Å². The fourth-order valence-electron chi connectivity index (χ4n) is 1.85. The van der Waals surface area contributed by atoms with Crippen LogP contribution in [0, 0.1) is 5.82 Å². The summed E-state index contributed by atoms with van der Waals surface area (Å²) in [6.45, 7) is 1.13. The third-order valence-corrected chi connectivity index (χ3v) is 3.06. The Balaban J connectivity index is 2.12. The molecule has 1 heterocycles. The zero-order chi connectivity index (χ0) is 13.7. The maximum atomic E-state index is 13.7. The monoisotopic (exact) mass is 286 g/mol. The Kier molecular flexibility index (Phi) is 4.99. The molecular formula is C13H16ClFN2O2. The summed E-state index contributed by atoms with van der Waals surface area (Å²) >= 11 is 5.55. The number of benzene rings is 1. The van der Waals surface area contributed by atoms with E-state index in [-0.39, 0.29) is 23.5 Å². The molecule has 0 radical (unpaired) electrons. The highest BCUT2D eigenvalue weighted by Crippen LogP contribution is 2.31. The zero-order valence-electron chi connectivity index (χ0n) is 10.4. The molecule has 0 aliphatic carbocycles. The molecule has 1 fully saturated rings. The Morgan fingerprint density at radius 1 is 1.58 bits per heavy atom. The van der Waals surface area contributed by atoms with Crippen LogP contribution in [-0.2, 0) is 4.74 Å². The summed E-state index contributed by atoms with van der Waals surface area (Å²) in [7, 11) is 0. The van der Waals surface area contributed by atoms with E-state index in [1.54, 1.807) is 12.1 Å². The topological polar surface area (TPSA) is 56.8 Å². The molecule has 0 spiro atoms. The van der Waals surface area contributed by atoms with Crippen LogP contribution < -0.4 is 10.5 Å². The second-order valence-electron chi connectivity index (χ2n) is 4.27. The molecule has 0 aromatic heterocycles. The normalized spacial score (nSPS) is 19.7. The lowest BCUT2D eigenvalue weighted by atomic mass is 10.2. The smallest absolute Gasteiger partial charge is 0.152 e. The average molecular weight is 287 g/mol. The SMILES string of the molecule is NC(CCl)=Nc1c(F)cccc1OCC1CCCO1. The van der Waals surface area contributed by atoms with E-state index in [2.05, 4.69) is 4.99 Å². The molecule has 19 heavy (non-hydrogen) atoms. The van der Waals surface area contributed by atoms with Gasteiger partial charge in [0.25, 0.3) is 0 Å². The molecular weight excluding hydrogens is 271 g/mol. The van der Waals surface area contributed by atoms with Crippen LogP contribution in [0.2, 0.25) is 0 Å². The van der Waals surface area contributed by atoms with E-state index in [1.807, 2.05) is 0 Å². The molecule has 0 bridgehead atoms. The third kappa shape index (κ3) is 3.81. The van der Waals surface area contributed by atoms with Crippen molar-refractivity contribution in [2.24, 2.45) is 10.7 Å². The summed E-state index contributed by atoms with van der Waals surface area (Å²) in [6, 6.07) is 4.52. The summed E-state index contributed by atoms with van der Waals surface area (Å²) in [5.74, 6) is 0.0506. The lowest BCUT2D eigenvalue weighted by Crippen LogP contribution is -2.17. The summed E-state index contributed by atoms with van der Waals surface area (Å²) in [4.78, 5) is 3.94. The van der Waals surface area contributed by atoms with Crippen molar-refractivity contribution in [3.05, 3.63) is 24.0 Å². The number of amidine groups is 1. The van der Waals surface area contributed by atoms with Gasteiger partial charge in [0.05, 0.1) is 12.0 Å². The molecule has 1 saturated heterocycles. The predicted octanol–water partition coefficient (Wildman–Crippen LogP) is 2.61. The second-order valence-corrected chi connectivity index (χ2v) is 4.54. The van der Waals surface area contributed by atoms with Crippen molar-refractivity contribution in [1.29, 1.82) is 0 Å². The molecule has 1 unspecified atom stereocenters. The quantitative estimate of drug-likeness (QED) is 0.514. The Labute approximate surface area is 116 Å². The molecule has 0 saturated carbocycles. The van der Waals surface area contributed by atoms with Crippen molar-refractivity contribution in [3.8, 4) is 5.75 Å². The van der Waals surface area contributed by atoms with Crippen LogP contribution in [0.15, 0.2) is 23.2 Å². The van der Waals surface area contributed by atoms with E-state index in [0.29, 0.717) is 12.4 Å². The molecule has 1 aliphatic heterocycles. The number of halogens is 2. The van der Waals surface area contributed by atoms with Gasteiger partial charge in [0, 0.05) is 6.61 Å². The molecule has 1 aliphatic rings. The van der Waals surface area contributed by atoms with Crippen molar-refractivity contribution >= 4 is 23.1 Å². The number of nitrogens with zero attached hydrogens (tertiary/aromatic N) is 1. The predicted molar refractivity (Wildman–Crippen MR) is 72.9 cm³/mol. The number of nitrogens with two attached hydrogens (primary N) is 1. The minimum absolute atomic E-state index is 0.0412. The van der Waals surface area contributed by atoms with Crippen molar-refractivity contribution in [2.45, 2.75) is 18.9 Å². The maximum Gasteiger partial charge on any atom is 0.152 e. The lowest BCUT2D eigenvalue weighted by Gasteiger charge is -2.13. The number of rotatable bonds is 5. The van der Waals surface area contributed by atoms with E-state index in [9.17, 15) is 4.39 Å².